The quantitative estimate of drug-likeness (QED) is 0.736. The monoisotopic (exact) mass is 204 g/mol. The summed E-state index contributed by atoms with van der Waals surface area (Å²) in [4.78, 5) is 0. The summed E-state index contributed by atoms with van der Waals surface area (Å²) in [5.74, 6) is 2.21. The molecular weight excluding hydrogens is 188 g/mol. The predicted molar refractivity (Wildman–Crippen MR) is 61.3 cm³/mol. The van der Waals surface area contributed by atoms with E-state index in [9.17, 15) is 0 Å². The van der Waals surface area contributed by atoms with Gasteiger partial charge < -0.3 is 9.47 Å². The van der Waals surface area contributed by atoms with Crippen LogP contribution in [-0.4, -0.2) is 13.7 Å². The van der Waals surface area contributed by atoms with Crippen LogP contribution in [0.2, 0.25) is 0 Å². The van der Waals surface area contributed by atoms with Crippen molar-refractivity contribution in [3.05, 3.63) is 29.3 Å². The van der Waals surface area contributed by atoms with Gasteiger partial charge >= 0.3 is 0 Å². The summed E-state index contributed by atoms with van der Waals surface area (Å²) in [6.07, 6.45) is 2.20. The molecule has 0 saturated carbocycles. The van der Waals surface area contributed by atoms with Gasteiger partial charge in [0.1, 0.15) is 6.61 Å². The van der Waals surface area contributed by atoms with Crippen LogP contribution in [0.3, 0.4) is 0 Å². The van der Waals surface area contributed by atoms with Gasteiger partial charge in [-0.15, -0.1) is 0 Å². The molecule has 1 aliphatic heterocycles. The van der Waals surface area contributed by atoms with Crippen molar-refractivity contribution < 1.29 is 9.47 Å². The van der Waals surface area contributed by atoms with Crippen LogP contribution >= 0.6 is 0 Å². The minimum absolute atomic E-state index is 0.532. The fourth-order valence-corrected chi connectivity index (χ4v) is 1.69. The molecule has 80 valence electrons. The highest BCUT2D eigenvalue weighted by atomic mass is 16.5. The van der Waals surface area contributed by atoms with Crippen LogP contribution in [0.1, 0.15) is 19.4 Å². The Bertz CT molecular complexity index is 392. The van der Waals surface area contributed by atoms with E-state index < -0.39 is 0 Å². The lowest BCUT2D eigenvalue weighted by Gasteiger charge is -2.21. The third kappa shape index (κ3) is 1.84. The number of hydrogen-bond acceptors (Lipinski definition) is 2. The summed E-state index contributed by atoms with van der Waals surface area (Å²) in [6, 6.07) is 5.97. The van der Waals surface area contributed by atoms with Gasteiger partial charge in [-0.3, -0.25) is 0 Å². The van der Waals surface area contributed by atoms with E-state index >= 15 is 0 Å². The Hall–Kier alpha value is -1.44. The maximum Gasteiger partial charge on any atom is 0.168 e. The van der Waals surface area contributed by atoms with Crippen molar-refractivity contribution in [1.29, 1.82) is 0 Å². The molecule has 0 amide bonds. The molecule has 2 rings (SSSR count). The summed E-state index contributed by atoms with van der Waals surface area (Å²) in [5.41, 5.74) is 2.44. The van der Waals surface area contributed by atoms with Gasteiger partial charge in [0.05, 0.1) is 7.11 Å². The van der Waals surface area contributed by atoms with Gasteiger partial charge in [0.25, 0.3) is 0 Å². The van der Waals surface area contributed by atoms with E-state index in [0.29, 0.717) is 12.5 Å². The molecule has 0 fully saturated rings. The second kappa shape index (κ2) is 3.97. The van der Waals surface area contributed by atoms with Crippen molar-refractivity contribution >= 4 is 6.08 Å². The number of fused-ring (bicyclic) bond motifs is 1. The molecule has 2 nitrogen and oxygen atoms in total. The van der Waals surface area contributed by atoms with Crippen LogP contribution in [0.4, 0.5) is 0 Å². The highest BCUT2D eigenvalue weighted by Crippen LogP contribution is 2.36. The molecule has 1 heterocycles. The van der Waals surface area contributed by atoms with E-state index in [4.69, 9.17) is 9.47 Å². The SMILES string of the molecule is COc1cccc2c1OCC(C(C)C)=C2. The van der Waals surface area contributed by atoms with Gasteiger partial charge in [-0.1, -0.05) is 26.0 Å². The zero-order valence-electron chi connectivity index (χ0n) is 9.41. The maximum absolute atomic E-state index is 5.73. The van der Waals surface area contributed by atoms with Gasteiger partial charge in [-0.2, -0.15) is 0 Å². The van der Waals surface area contributed by atoms with E-state index in [0.717, 1.165) is 17.1 Å². The van der Waals surface area contributed by atoms with Crippen molar-refractivity contribution in [3.63, 3.8) is 0 Å². The first-order chi connectivity index (χ1) is 7.22. The Morgan fingerprint density at radius 3 is 2.80 bits per heavy atom. The van der Waals surface area contributed by atoms with Crippen LogP contribution in [-0.2, 0) is 0 Å². The molecule has 0 spiro atoms. The first kappa shape index (κ1) is 10.1. The van der Waals surface area contributed by atoms with Gasteiger partial charge in [0.2, 0.25) is 0 Å². The number of benzene rings is 1. The molecule has 2 heteroatoms. The molecule has 0 N–H and O–H groups in total. The molecule has 0 aromatic heterocycles. The van der Waals surface area contributed by atoms with E-state index in [1.54, 1.807) is 7.11 Å². The largest absolute Gasteiger partial charge is 0.493 e. The lowest BCUT2D eigenvalue weighted by Crippen LogP contribution is -2.11. The predicted octanol–water partition coefficient (Wildman–Crippen LogP) is 3.13. The first-order valence-electron chi connectivity index (χ1n) is 5.22. The van der Waals surface area contributed by atoms with Gasteiger partial charge in [-0.25, -0.2) is 0 Å². The van der Waals surface area contributed by atoms with Crippen molar-refractivity contribution in [2.45, 2.75) is 13.8 Å². The molecule has 0 saturated heterocycles. The summed E-state index contributed by atoms with van der Waals surface area (Å²) in [7, 11) is 1.67. The Kier molecular flexibility index (Phi) is 2.67. The summed E-state index contributed by atoms with van der Waals surface area (Å²) in [6.45, 7) is 5.03. The van der Waals surface area contributed by atoms with Crippen molar-refractivity contribution in [3.8, 4) is 11.5 Å². The summed E-state index contributed by atoms with van der Waals surface area (Å²) in [5, 5.41) is 0. The number of hydrogen-bond donors (Lipinski definition) is 0. The normalized spacial score (nSPS) is 14.3. The van der Waals surface area contributed by atoms with Crippen LogP contribution < -0.4 is 9.47 Å². The molecule has 0 radical (unpaired) electrons. The highest BCUT2D eigenvalue weighted by molar-refractivity contribution is 5.66. The van der Waals surface area contributed by atoms with Crippen molar-refractivity contribution in [1.82, 2.24) is 0 Å². The maximum atomic E-state index is 5.73. The first-order valence-corrected chi connectivity index (χ1v) is 5.22. The molecular formula is C13H16O2. The van der Waals surface area contributed by atoms with Gasteiger partial charge in [0.15, 0.2) is 11.5 Å². The lowest BCUT2D eigenvalue weighted by atomic mass is 9.98. The second-order valence-electron chi connectivity index (χ2n) is 4.04. The minimum atomic E-state index is 0.532. The molecule has 15 heavy (non-hydrogen) atoms. The zero-order chi connectivity index (χ0) is 10.8. The van der Waals surface area contributed by atoms with Crippen LogP contribution in [0.5, 0.6) is 11.5 Å². The van der Waals surface area contributed by atoms with Crippen LogP contribution in [0.15, 0.2) is 23.8 Å². The lowest BCUT2D eigenvalue weighted by molar-refractivity contribution is 0.307. The second-order valence-corrected chi connectivity index (χ2v) is 4.04. The average Bonchev–Trinajstić information content (AvgIpc) is 2.27. The van der Waals surface area contributed by atoms with E-state index in [2.05, 4.69) is 26.0 Å². The number of rotatable bonds is 2. The van der Waals surface area contributed by atoms with Gasteiger partial charge in [-0.05, 0) is 23.6 Å². The van der Waals surface area contributed by atoms with Crippen molar-refractivity contribution in [2.75, 3.05) is 13.7 Å². The minimum Gasteiger partial charge on any atom is -0.493 e. The third-order valence-electron chi connectivity index (χ3n) is 2.69. The third-order valence-corrected chi connectivity index (χ3v) is 2.69. The molecule has 1 aliphatic rings. The summed E-state index contributed by atoms with van der Waals surface area (Å²) >= 11 is 0. The van der Waals surface area contributed by atoms with E-state index in [-0.39, 0.29) is 0 Å². The smallest absolute Gasteiger partial charge is 0.168 e. The molecule has 0 aliphatic carbocycles. The Morgan fingerprint density at radius 2 is 2.13 bits per heavy atom. The molecule has 1 aromatic rings. The number of methoxy groups -OCH3 is 1. The fourth-order valence-electron chi connectivity index (χ4n) is 1.69. The fraction of sp³-hybridized carbons (Fsp3) is 0.385. The van der Waals surface area contributed by atoms with Crippen LogP contribution in [0.25, 0.3) is 6.08 Å². The van der Waals surface area contributed by atoms with E-state index in [1.807, 2.05) is 12.1 Å². The van der Waals surface area contributed by atoms with E-state index in [1.165, 1.54) is 5.57 Å². The highest BCUT2D eigenvalue weighted by Gasteiger charge is 2.16. The number of ether oxygens (including phenoxy) is 2. The topological polar surface area (TPSA) is 18.5 Å². The van der Waals surface area contributed by atoms with Crippen LogP contribution in [0, 0.1) is 5.92 Å². The van der Waals surface area contributed by atoms with Crippen molar-refractivity contribution in [2.24, 2.45) is 5.92 Å². The molecule has 0 unspecified atom stereocenters. The van der Waals surface area contributed by atoms with Gasteiger partial charge in [0, 0.05) is 5.56 Å². The average molecular weight is 204 g/mol. The Morgan fingerprint density at radius 1 is 1.33 bits per heavy atom. The Labute approximate surface area is 90.5 Å². The molecule has 1 aromatic carbocycles. The zero-order valence-corrected chi connectivity index (χ0v) is 9.41. The molecule has 0 atom stereocenters. The summed E-state index contributed by atoms with van der Waals surface area (Å²) < 4.78 is 11.0. The number of para-hydroxylation sites is 1. The molecule has 0 bridgehead atoms. The Balaban J connectivity index is 2.43. The standard InChI is InChI=1S/C13H16O2/c1-9(2)11-7-10-5-4-6-12(14-3)13(10)15-8-11/h4-7,9H,8H2,1-3H3.